The van der Waals surface area contributed by atoms with Gasteiger partial charge in [0, 0.05) is 43.6 Å². The van der Waals surface area contributed by atoms with Crippen LogP contribution in [0.3, 0.4) is 0 Å². The highest BCUT2D eigenvalue weighted by molar-refractivity contribution is 5.90. The minimum absolute atomic E-state index is 0.0288. The highest BCUT2D eigenvalue weighted by Gasteiger charge is 2.28. The van der Waals surface area contributed by atoms with Crippen LogP contribution >= 0.6 is 0 Å². The number of nitrogens with zero attached hydrogens (tertiary/aromatic N) is 4. The number of benzene rings is 2. The van der Waals surface area contributed by atoms with E-state index in [0.29, 0.717) is 5.95 Å². The molecule has 1 aliphatic rings. The molecule has 1 saturated carbocycles. The van der Waals surface area contributed by atoms with Crippen LogP contribution in [-0.4, -0.2) is 40.9 Å². The molecule has 1 aliphatic carbocycles. The summed E-state index contributed by atoms with van der Waals surface area (Å²) in [5, 5.41) is 18.4. The molecule has 1 heterocycles. The van der Waals surface area contributed by atoms with E-state index in [2.05, 4.69) is 15.6 Å². The number of nitro benzene ring substituents is 1. The van der Waals surface area contributed by atoms with E-state index in [1.165, 1.54) is 12.1 Å². The predicted molar refractivity (Wildman–Crippen MR) is 133 cm³/mol. The van der Waals surface area contributed by atoms with Gasteiger partial charge < -0.3 is 15.5 Å². The van der Waals surface area contributed by atoms with E-state index in [1.807, 2.05) is 50.2 Å². The maximum absolute atomic E-state index is 12.8. The van der Waals surface area contributed by atoms with E-state index in [1.54, 1.807) is 12.1 Å². The number of anilines is 2. The molecule has 1 atom stereocenters. The number of hydrogen-bond acceptors (Lipinski definition) is 7. The first-order valence-electron chi connectivity index (χ1n) is 11.6. The fourth-order valence-corrected chi connectivity index (χ4v) is 4.45. The van der Waals surface area contributed by atoms with Crippen LogP contribution in [0.1, 0.15) is 44.2 Å². The molecule has 9 heteroatoms. The third-order valence-corrected chi connectivity index (χ3v) is 6.40. The van der Waals surface area contributed by atoms with Crippen molar-refractivity contribution in [2.75, 3.05) is 24.3 Å². The lowest BCUT2D eigenvalue weighted by atomic mass is 9.85. The summed E-state index contributed by atoms with van der Waals surface area (Å²) in [5.41, 5.74) is 1.79. The standard InChI is InChI=1S/C25H30N6O3/c1-16(17-10-14-20(15-11-17)31(33)34)26-24(32)18-8-12-19(13-9-18)27-25-28-22-7-5-4-6-21(22)23(29-25)30(2)3/h4-7,10-11,14-16,18-19H,8-9,12-13H2,1-3H3,(H,26,32)(H,27,28,29)/t16-,18-,19+/m0/s1. The van der Waals surface area contributed by atoms with Crippen LogP contribution in [0.25, 0.3) is 10.9 Å². The smallest absolute Gasteiger partial charge is 0.269 e. The average molecular weight is 463 g/mol. The fraction of sp³-hybridized carbons (Fsp3) is 0.400. The molecule has 0 saturated heterocycles. The van der Waals surface area contributed by atoms with Gasteiger partial charge in [-0.25, -0.2) is 4.98 Å². The van der Waals surface area contributed by atoms with Crippen molar-refractivity contribution in [2.24, 2.45) is 5.92 Å². The van der Waals surface area contributed by atoms with Crippen molar-refractivity contribution < 1.29 is 9.72 Å². The number of para-hydroxylation sites is 1. The molecule has 4 rings (SSSR count). The Morgan fingerprint density at radius 3 is 2.38 bits per heavy atom. The number of fused-ring (bicyclic) bond motifs is 1. The van der Waals surface area contributed by atoms with Gasteiger partial charge in [-0.3, -0.25) is 14.9 Å². The van der Waals surface area contributed by atoms with Gasteiger partial charge in [0.25, 0.3) is 5.69 Å². The number of nitro groups is 1. The Hall–Kier alpha value is -3.75. The summed E-state index contributed by atoms with van der Waals surface area (Å²) in [5.74, 6) is 1.47. The molecule has 178 valence electrons. The number of aromatic nitrogens is 2. The number of carbonyl (C=O) groups excluding carboxylic acids is 1. The third kappa shape index (κ3) is 5.24. The van der Waals surface area contributed by atoms with Crippen molar-refractivity contribution in [3.8, 4) is 0 Å². The molecule has 0 radical (unpaired) electrons. The maximum Gasteiger partial charge on any atom is 0.269 e. The maximum atomic E-state index is 12.8. The van der Waals surface area contributed by atoms with Crippen molar-refractivity contribution in [1.82, 2.24) is 15.3 Å². The summed E-state index contributed by atoms with van der Waals surface area (Å²) in [6.45, 7) is 1.89. The topological polar surface area (TPSA) is 113 Å². The summed E-state index contributed by atoms with van der Waals surface area (Å²) in [7, 11) is 3.94. The van der Waals surface area contributed by atoms with Gasteiger partial charge >= 0.3 is 0 Å². The van der Waals surface area contributed by atoms with Crippen molar-refractivity contribution >= 4 is 34.3 Å². The van der Waals surface area contributed by atoms with Crippen LogP contribution in [0, 0.1) is 16.0 Å². The number of amides is 1. The zero-order valence-corrected chi connectivity index (χ0v) is 19.7. The quantitative estimate of drug-likeness (QED) is 0.394. The number of nitrogens with one attached hydrogen (secondary N) is 2. The molecule has 3 aromatic rings. The minimum Gasteiger partial charge on any atom is -0.362 e. The lowest BCUT2D eigenvalue weighted by Crippen LogP contribution is -2.37. The van der Waals surface area contributed by atoms with Crippen LogP contribution in [0.2, 0.25) is 0 Å². The fourth-order valence-electron chi connectivity index (χ4n) is 4.45. The number of non-ortho nitro benzene ring substituents is 1. The second-order valence-electron chi connectivity index (χ2n) is 9.05. The Kier molecular flexibility index (Phi) is 6.90. The molecule has 1 amide bonds. The molecular formula is C25H30N6O3. The first kappa shape index (κ1) is 23.4. The van der Waals surface area contributed by atoms with Gasteiger partial charge in [0.2, 0.25) is 11.9 Å². The summed E-state index contributed by atoms with van der Waals surface area (Å²) >= 11 is 0. The van der Waals surface area contributed by atoms with Crippen LogP contribution in [0.4, 0.5) is 17.5 Å². The molecule has 2 N–H and O–H groups in total. The van der Waals surface area contributed by atoms with Crippen LogP contribution in [-0.2, 0) is 4.79 Å². The van der Waals surface area contributed by atoms with Gasteiger partial charge in [0.05, 0.1) is 16.5 Å². The van der Waals surface area contributed by atoms with Crippen molar-refractivity contribution in [1.29, 1.82) is 0 Å². The lowest BCUT2D eigenvalue weighted by Gasteiger charge is -2.29. The first-order chi connectivity index (χ1) is 16.3. The predicted octanol–water partition coefficient (Wildman–Crippen LogP) is 4.45. The zero-order chi connectivity index (χ0) is 24.2. The highest BCUT2D eigenvalue weighted by Crippen LogP contribution is 2.29. The normalized spacial score (nSPS) is 18.8. The van der Waals surface area contributed by atoms with Gasteiger partial charge in [0.15, 0.2) is 0 Å². The van der Waals surface area contributed by atoms with E-state index in [4.69, 9.17) is 4.98 Å². The van der Waals surface area contributed by atoms with Crippen LogP contribution < -0.4 is 15.5 Å². The Labute approximate surface area is 198 Å². The van der Waals surface area contributed by atoms with E-state index < -0.39 is 4.92 Å². The zero-order valence-electron chi connectivity index (χ0n) is 19.7. The number of hydrogen-bond donors (Lipinski definition) is 2. The SMILES string of the molecule is C[C@H](NC(=O)[C@H]1CC[C@@H](Nc2nc(N(C)C)c3ccccc3n2)CC1)c1ccc([N+](=O)[O-])cc1. The van der Waals surface area contributed by atoms with Crippen molar-refractivity contribution in [3.05, 3.63) is 64.2 Å². The van der Waals surface area contributed by atoms with Gasteiger partial charge in [-0.2, -0.15) is 4.98 Å². The van der Waals surface area contributed by atoms with Crippen molar-refractivity contribution in [2.45, 2.75) is 44.7 Å². The molecule has 0 aliphatic heterocycles. The molecule has 2 aromatic carbocycles. The van der Waals surface area contributed by atoms with Gasteiger partial charge in [-0.05, 0) is 50.3 Å². The Balaban J connectivity index is 1.33. The summed E-state index contributed by atoms with van der Waals surface area (Å²) in [6.07, 6.45) is 3.28. The largest absolute Gasteiger partial charge is 0.362 e. The van der Waals surface area contributed by atoms with E-state index in [9.17, 15) is 14.9 Å². The Morgan fingerprint density at radius 2 is 1.74 bits per heavy atom. The molecule has 1 aromatic heterocycles. The van der Waals surface area contributed by atoms with Gasteiger partial charge in [-0.1, -0.05) is 24.3 Å². The molecule has 9 nitrogen and oxygen atoms in total. The first-order valence-corrected chi connectivity index (χ1v) is 11.6. The third-order valence-electron chi connectivity index (χ3n) is 6.40. The number of carbonyl (C=O) groups is 1. The monoisotopic (exact) mass is 462 g/mol. The van der Waals surface area contributed by atoms with Gasteiger partial charge in [0.1, 0.15) is 5.82 Å². The molecular weight excluding hydrogens is 432 g/mol. The van der Waals surface area contributed by atoms with Crippen LogP contribution in [0.5, 0.6) is 0 Å². The summed E-state index contributed by atoms with van der Waals surface area (Å²) in [6, 6.07) is 14.3. The highest BCUT2D eigenvalue weighted by atomic mass is 16.6. The van der Waals surface area contributed by atoms with E-state index in [0.717, 1.165) is 48.0 Å². The molecule has 34 heavy (non-hydrogen) atoms. The van der Waals surface area contributed by atoms with E-state index in [-0.39, 0.29) is 29.6 Å². The number of rotatable bonds is 7. The summed E-state index contributed by atoms with van der Waals surface area (Å²) < 4.78 is 0. The second-order valence-corrected chi connectivity index (χ2v) is 9.05. The molecule has 0 spiro atoms. The lowest BCUT2D eigenvalue weighted by molar-refractivity contribution is -0.384. The molecule has 1 fully saturated rings. The minimum atomic E-state index is -0.427. The Morgan fingerprint density at radius 1 is 1.06 bits per heavy atom. The average Bonchev–Trinajstić information content (AvgIpc) is 2.84. The summed E-state index contributed by atoms with van der Waals surface area (Å²) in [4.78, 5) is 34.6. The van der Waals surface area contributed by atoms with Gasteiger partial charge in [-0.15, -0.1) is 0 Å². The van der Waals surface area contributed by atoms with E-state index >= 15 is 0 Å². The second kappa shape index (κ2) is 10.0. The molecule has 0 unspecified atom stereocenters. The molecule has 0 bridgehead atoms. The van der Waals surface area contributed by atoms with Crippen LogP contribution in [0.15, 0.2) is 48.5 Å². The van der Waals surface area contributed by atoms with Crippen molar-refractivity contribution in [3.63, 3.8) is 0 Å². The Bertz CT molecular complexity index is 1170.